The highest BCUT2D eigenvalue weighted by atomic mass is 16.6. The summed E-state index contributed by atoms with van der Waals surface area (Å²) in [5.41, 5.74) is -1.33. The largest absolute Gasteiger partial charge is 0.506 e. The molecule has 0 saturated carbocycles. The summed E-state index contributed by atoms with van der Waals surface area (Å²) < 4.78 is 5.03. The van der Waals surface area contributed by atoms with Crippen LogP contribution in [0.25, 0.3) is 21.7 Å². The fraction of sp³-hybridized carbons (Fsp3) is 0. The number of hydrogen-bond acceptors (Lipinski definition) is 6. The highest BCUT2D eigenvalue weighted by Crippen LogP contribution is 2.37. The minimum atomic E-state index is -1.06. The second-order valence-electron chi connectivity index (χ2n) is 5.71. The number of aromatic hydroxyl groups is 1. The van der Waals surface area contributed by atoms with Crippen LogP contribution in [0.2, 0.25) is 0 Å². The fourth-order valence-electron chi connectivity index (χ4n) is 2.90. The maximum absolute atomic E-state index is 12.1. The normalized spacial score (nSPS) is 10.9. The summed E-state index contributed by atoms with van der Waals surface area (Å²) in [6.45, 7) is 0. The van der Waals surface area contributed by atoms with Crippen molar-refractivity contribution >= 4 is 38.8 Å². The first-order valence-corrected chi connectivity index (χ1v) is 7.73. The Morgan fingerprint density at radius 3 is 2.38 bits per heavy atom. The van der Waals surface area contributed by atoms with Crippen LogP contribution in [-0.2, 0) is 0 Å². The van der Waals surface area contributed by atoms with Crippen molar-refractivity contribution in [2.24, 2.45) is 0 Å². The van der Waals surface area contributed by atoms with Gasteiger partial charge in [0.2, 0.25) is 0 Å². The Labute approximate surface area is 146 Å². The first-order valence-electron chi connectivity index (χ1n) is 7.73. The van der Waals surface area contributed by atoms with Crippen molar-refractivity contribution in [2.75, 3.05) is 5.32 Å². The second kappa shape index (κ2) is 5.89. The van der Waals surface area contributed by atoms with Crippen molar-refractivity contribution in [3.8, 4) is 5.75 Å². The molecule has 0 spiro atoms. The Kier molecular flexibility index (Phi) is 3.54. The molecule has 0 aliphatic rings. The van der Waals surface area contributed by atoms with Gasteiger partial charge < -0.3 is 14.8 Å². The second-order valence-corrected chi connectivity index (χ2v) is 5.71. The van der Waals surface area contributed by atoms with Gasteiger partial charge in [-0.2, -0.15) is 0 Å². The van der Waals surface area contributed by atoms with Crippen molar-refractivity contribution in [1.82, 2.24) is 0 Å². The number of rotatable bonds is 3. The molecule has 7 nitrogen and oxygen atoms in total. The average Bonchev–Trinajstić information content (AvgIpc) is 2.61. The molecule has 0 atom stereocenters. The Hall–Kier alpha value is -3.87. The zero-order valence-corrected chi connectivity index (χ0v) is 13.3. The van der Waals surface area contributed by atoms with Crippen LogP contribution in [0.1, 0.15) is 0 Å². The van der Waals surface area contributed by atoms with Crippen LogP contribution in [0.5, 0.6) is 5.75 Å². The maximum atomic E-state index is 12.1. The topological polar surface area (TPSA) is 106 Å². The van der Waals surface area contributed by atoms with Crippen molar-refractivity contribution in [2.45, 2.75) is 0 Å². The quantitative estimate of drug-likeness (QED) is 0.247. The predicted octanol–water partition coefficient (Wildman–Crippen LogP) is 4.30. The van der Waals surface area contributed by atoms with E-state index in [1.807, 2.05) is 24.3 Å². The minimum absolute atomic E-state index is 0.0209. The van der Waals surface area contributed by atoms with E-state index in [2.05, 4.69) is 5.32 Å². The lowest BCUT2D eigenvalue weighted by atomic mass is 10.1. The standard InChI is InChI=1S/C19H12N2O5/c22-15-10-12-6-2-1-5-11(12)9-14(15)20-17-13-7-3-4-8-16(13)26-19(23)18(17)21(24)25/h1-10,20,22H. The molecule has 1 heterocycles. The molecule has 0 saturated heterocycles. The summed E-state index contributed by atoms with van der Waals surface area (Å²) in [6.07, 6.45) is 0. The number of fused-ring (bicyclic) bond motifs is 2. The molecule has 128 valence electrons. The van der Waals surface area contributed by atoms with Gasteiger partial charge in [-0.25, -0.2) is 4.79 Å². The molecule has 1 aromatic heterocycles. The summed E-state index contributed by atoms with van der Waals surface area (Å²) in [6, 6.07) is 17.1. The third kappa shape index (κ3) is 2.51. The van der Waals surface area contributed by atoms with Crippen LogP contribution >= 0.6 is 0 Å². The Bertz CT molecular complexity index is 1230. The molecule has 7 heteroatoms. The Balaban J connectivity index is 1.97. The van der Waals surface area contributed by atoms with Crippen LogP contribution in [0.3, 0.4) is 0 Å². The van der Waals surface area contributed by atoms with E-state index >= 15 is 0 Å². The number of hydrogen-bond donors (Lipinski definition) is 2. The zero-order valence-electron chi connectivity index (χ0n) is 13.3. The molecule has 26 heavy (non-hydrogen) atoms. The van der Waals surface area contributed by atoms with E-state index < -0.39 is 16.2 Å². The van der Waals surface area contributed by atoms with Crippen molar-refractivity contribution < 1.29 is 14.4 Å². The van der Waals surface area contributed by atoms with Crippen LogP contribution in [0.15, 0.2) is 69.9 Å². The molecule has 0 radical (unpaired) electrons. The molecule has 4 aromatic rings. The minimum Gasteiger partial charge on any atom is -0.506 e. The van der Waals surface area contributed by atoms with Crippen molar-refractivity contribution in [3.63, 3.8) is 0 Å². The van der Waals surface area contributed by atoms with E-state index in [1.165, 1.54) is 0 Å². The third-order valence-corrected chi connectivity index (χ3v) is 4.10. The van der Waals surface area contributed by atoms with E-state index in [0.29, 0.717) is 5.39 Å². The van der Waals surface area contributed by atoms with Gasteiger partial charge in [-0.3, -0.25) is 10.1 Å². The van der Waals surface area contributed by atoms with E-state index in [9.17, 15) is 20.0 Å². The summed E-state index contributed by atoms with van der Waals surface area (Å²) in [5, 5.41) is 26.6. The predicted molar refractivity (Wildman–Crippen MR) is 98.0 cm³/mol. The number of phenols is 1. The van der Waals surface area contributed by atoms with Gasteiger partial charge in [-0.05, 0) is 35.0 Å². The van der Waals surface area contributed by atoms with E-state index in [-0.39, 0.29) is 22.7 Å². The summed E-state index contributed by atoms with van der Waals surface area (Å²) >= 11 is 0. The molecule has 4 rings (SSSR count). The SMILES string of the molecule is O=c1oc2ccccc2c(Nc2cc3ccccc3cc2O)c1[N+](=O)[O-]. The molecule has 0 bridgehead atoms. The molecule has 0 amide bonds. The first-order chi connectivity index (χ1) is 12.5. The van der Waals surface area contributed by atoms with Crippen LogP contribution in [-0.4, -0.2) is 10.0 Å². The van der Waals surface area contributed by atoms with E-state index in [4.69, 9.17) is 4.42 Å². The van der Waals surface area contributed by atoms with Gasteiger partial charge in [0, 0.05) is 5.39 Å². The summed E-state index contributed by atoms with van der Waals surface area (Å²) in [5.74, 6) is -0.0877. The van der Waals surface area contributed by atoms with E-state index in [0.717, 1.165) is 10.8 Å². The van der Waals surface area contributed by atoms with Gasteiger partial charge in [0.05, 0.1) is 10.6 Å². The highest BCUT2D eigenvalue weighted by molar-refractivity contribution is 5.98. The first kappa shape index (κ1) is 15.6. The smallest absolute Gasteiger partial charge is 0.417 e. The molecule has 0 fully saturated rings. The summed E-state index contributed by atoms with van der Waals surface area (Å²) in [4.78, 5) is 22.7. The third-order valence-electron chi connectivity index (χ3n) is 4.10. The lowest BCUT2D eigenvalue weighted by Crippen LogP contribution is -2.10. The van der Waals surface area contributed by atoms with Crippen molar-refractivity contribution in [3.05, 3.63) is 81.2 Å². The zero-order chi connectivity index (χ0) is 18.3. The van der Waals surface area contributed by atoms with Gasteiger partial charge in [0.25, 0.3) is 0 Å². The highest BCUT2D eigenvalue weighted by Gasteiger charge is 2.25. The Morgan fingerprint density at radius 2 is 1.65 bits per heavy atom. The van der Waals surface area contributed by atoms with Gasteiger partial charge in [0.15, 0.2) is 0 Å². The van der Waals surface area contributed by atoms with Crippen LogP contribution in [0.4, 0.5) is 17.1 Å². The summed E-state index contributed by atoms with van der Waals surface area (Å²) in [7, 11) is 0. The molecular formula is C19H12N2O5. The number of nitrogens with one attached hydrogen (secondary N) is 1. The number of para-hydroxylation sites is 1. The van der Waals surface area contributed by atoms with Gasteiger partial charge in [0.1, 0.15) is 17.0 Å². The van der Waals surface area contributed by atoms with Gasteiger partial charge in [-0.15, -0.1) is 0 Å². The molecular weight excluding hydrogens is 336 g/mol. The number of anilines is 2. The molecule has 3 aromatic carbocycles. The number of nitro groups is 1. The molecule has 2 N–H and O–H groups in total. The lowest BCUT2D eigenvalue weighted by Gasteiger charge is -2.12. The number of nitrogens with zero attached hydrogens (tertiary/aromatic N) is 1. The van der Waals surface area contributed by atoms with Gasteiger partial charge in [-0.1, -0.05) is 36.4 Å². The lowest BCUT2D eigenvalue weighted by molar-refractivity contribution is -0.386. The maximum Gasteiger partial charge on any atom is 0.417 e. The molecule has 0 aliphatic heterocycles. The molecule has 0 unspecified atom stereocenters. The Morgan fingerprint density at radius 1 is 1.00 bits per heavy atom. The van der Waals surface area contributed by atoms with E-state index in [1.54, 1.807) is 36.4 Å². The van der Waals surface area contributed by atoms with Crippen molar-refractivity contribution in [1.29, 1.82) is 0 Å². The fourth-order valence-corrected chi connectivity index (χ4v) is 2.90. The van der Waals surface area contributed by atoms with Gasteiger partial charge >= 0.3 is 11.3 Å². The van der Waals surface area contributed by atoms with Crippen LogP contribution in [0, 0.1) is 10.1 Å². The number of benzene rings is 3. The monoisotopic (exact) mass is 348 g/mol. The number of phenolic OH excluding ortho intramolecular Hbond substituents is 1. The molecule has 0 aliphatic carbocycles. The van der Waals surface area contributed by atoms with Crippen LogP contribution < -0.4 is 10.9 Å². The average molecular weight is 348 g/mol.